The van der Waals surface area contributed by atoms with Crippen LogP contribution in [0.1, 0.15) is 24.0 Å². The Hall–Kier alpha value is -2.82. The van der Waals surface area contributed by atoms with Crippen LogP contribution in [0.15, 0.2) is 54.6 Å². The second-order valence-corrected chi connectivity index (χ2v) is 5.84. The molecule has 5 nitrogen and oxygen atoms in total. The second-order valence-electron chi connectivity index (χ2n) is 5.84. The van der Waals surface area contributed by atoms with Gasteiger partial charge >= 0.3 is 5.97 Å². The second kappa shape index (κ2) is 7.17. The molecule has 24 heavy (non-hydrogen) atoms. The molecular weight excluding hydrogens is 306 g/mol. The van der Waals surface area contributed by atoms with Crippen molar-refractivity contribution in [1.82, 2.24) is 4.90 Å². The molecule has 0 saturated carbocycles. The fourth-order valence-electron chi connectivity index (χ4n) is 2.86. The normalized spacial score (nSPS) is 17.1. The van der Waals surface area contributed by atoms with Gasteiger partial charge in [-0.1, -0.05) is 42.5 Å². The van der Waals surface area contributed by atoms with Crippen molar-refractivity contribution in [3.05, 3.63) is 65.7 Å². The average molecular weight is 325 g/mol. The summed E-state index contributed by atoms with van der Waals surface area (Å²) in [7, 11) is 0. The van der Waals surface area contributed by atoms with E-state index in [1.54, 1.807) is 0 Å². The summed E-state index contributed by atoms with van der Waals surface area (Å²) < 4.78 is 5.78. The van der Waals surface area contributed by atoms with Gasteiger partial charge in [0.2, 0.25) is 5.91 Å². The SMILES string of the molecule is O=C(O)C1CCC(=O)N1Cc1cccc(OCc2ccccc2)c1. The van der Waals surface area contributed by atoms with E-state index in [0.29, 0.717) is 31.7 Å². The number of nitrogens with zero attached hydrogens (tertiary/aromatic N) is 1. The summed E-state index contributed by atoms with van der Waals surface area (Å²) >= 11 is 0. The summed E-state index contributed by atoms with van der Waals surface area (Å²) in [6, 6.07) is 16.6. The van der Waals surface area contributed by atoms with Crippen molar-refractivity contribution < 1.29 is 19.4 Å². The van der Waals surface area contributed by atoms with Crippen LogP contribution in [0, 0.1) is 0 Å². The summed E-state index contributed by atoms with van der Waals surface area (Å²) in [4.78, 5) is 24.6. The number of benzene rings is 2. The van der Waals surface area contributed by atoms with Crippen molar-refractivity contribution in [2.75, 3.05) is 0 Å². The quantitative estimate of drug-likeness (QED) is 0.887. The standard InChI is InChI=1S/C19H19NO4/c21-18-10-9-17(19(22)23)20(18)12-15-7-4-8-16(11-15)24-13-14-5-2-1-3-6-14/h1-8,11,17H,9-10,12-13H2,(H,22,23). The highest BCUT2D eigenvalue weighted by atomic mass is 16.5. The Kier molecular flexibility index (Phi) is 4.79. The first kappa shape index (κ1) is 16.1. The van der Waals surface area contributed by atoms with Crippen LogP contribution in [-0.4, -0.2) is 27.9 Å². The van der Waals surface area contributed by atoms with Crippen LogP contribution in [0.25, 0.3) is 0 Å². The van der Waals surface area contributed by atoms with E-state index in [1.807, 2.05) is 54.6 Å². The van der Waals surface area contributed by atoms with Crippen molar-refractivity contribution in [1.29, 1.82) is 0 Å². The van der Waals surface area contributed by atoms with Gasteiger partial charge in [0.15, 0.2) is 0 Å². The Bertz CT molecular complexity index is 729. The van der Waals surface area contributed by atoms with Gasteiger partial charge in [-0.05, 0) is 29.7 Å². The van der Waals surface area contributed by atoms with Gasteiger partial charge in [-0.15, -0.1) is 0 Å². The lowest BCUT2D eigenvalue weighted by atomic mass is 10.1. The third-order valence-electron chi connectivity index (χ3n) is 4.11. The van der Waals surface area contributed by atoms with E-state index in [1.165, 1.54) is 4.90 Å². The fourth-order valence-corrected chi connectivity index (χ4v) is 2.86. The van der Waals surface area contributed by atoms with Gasteiger partial charge in [-0.3, -0.25) is 4.79 Å². The average Bonchev–Trinajstić information content (AvgIpc) is 2.95. The van der Waals surface area contributed by atoms with Crippen LogP contribution in [0.3, 0.4) is 0 Å². The number of hydrogen-bond acceptors (Lipinski definition) is 3. The van der Waals surface area contributed by atoms with Crippen molar-refractivity contribution in [2.24, 2.45) is 0 Å². The predicted octanol–water partition coefficient (Wildman–Crippen LogP) is 2.84. The molecule has 0 aliphatic carbocycles. The molecule has 3 rings (SSSR count). The molecule has 1 aliphatic heterocycles. The van der Waals surface area contributed by atoms with Crippen LogP contribution >= 0.6 is 0 Å². The van der Waals surface area contributed by atoms with E-state index in [2.05, 4.69) is 0 Å². The highest BCUT2D eigenvalue weighted by Crippen LogP contribution is 2.23. The molecule has 0 radical (unpaired) electrons. The molecule has 5 heteroatoms. The van der Waals surface area contributed by atoms with Gasteiger partial charge < -0.3 is 14.7 Å². The third-order valence-corrected chi connectivity index (χ3v) is 4.11. The lowest BCUT2D eigenvalue weighted by molar-refractivity contribution is -0.146. The Morgan fingerprint density at radius 1 is 1.12 bits per heavy atom. The van der Waals surface area contributed by atoms with Crippen LogP contribution in [0.4, 0.5) is 0 Å². The van der Waals surface area contributed by atoms with Crippen LogP contribution in [0.5, 0.6) is 5.75 Å². The molecule has 1 N–H and O–H groups in total. The summed E-state index contributed by atoms with van der Waals surface area (Å²) in [6.07, 6.45) is 0.666. The fraction of sp³-hybridized carbons (Fsp3) is 0.263. The summed E-state index contributed by atoms with van der Waals surface area (Å²) in [6.45, 7) is 0.753. The van der Waals surface area contributed by atoms with E-state index >= 15 is 0 Å². The maximum Gasteiger partial charge on any atom is 0.326 e. The Labute approximate surface area is 140 Å². The number of ether oxygens (including phenoxy) is 1. The first-order valence-electron chi connectivity index (χ1n) is 7.91. The first-order chi connectivity index (χ1) is 11.6. The zero-order chi connectivity index (χ0) is 16.9. The topological polar surface area (TPSA) is 66.8 Å². The van der Waals surface area contributed by atoms with Crippen LogP contribution < -0.4 is 4.74 Å². The Morgan fingerprint density at radius 2 is 1.88 bits per heavy atom. The molecule has 1 unspecified atom stereocenters. The van der Waals surface area contributed by atoms with E-state index in [9.17, 15) is 14.7 Å². The zero-order valence-corrected chi connectivity index (χ0v) is 13.2. The van der Waals surface area contributed by atoms with Crippen molar-refractivity contribution in [3.8, 4) is 5.75 Å². The van der Waals surface area contributed by atoms with Gasteiger partial charge in [-0.2, -0.15) is 0 Å². The van der Waals surface area contributed by atoms with Crippen molar-refractivity contribution in [3.63, 3.8) is 0 Å². The van der Waals surface area contributed by atoms with Gasteiger partial charge in [0, 0.05) is 13.0 Å². The third kappa shape index (κ3) is 3.74. The molecule has 2 aromatic carbocycles. The summed E-state index contributed by atoms with van der Waals surface area (Å²) in [5.41, 5.74) is 1.94. The van der Waals surface area contributed by atoms with Gasteiger partial charge in [0.1, 0.15) is 18.4 Å². The number of rotatable bonds is 6. The highest BCUT2D eigenvalue weighted by Gasteiger charge is 2.35. The summed E-state index contributed by atoms with van der Waals surface area (Å²) in [5, 5.41) is 9.23. The number of hydrogen-bond donors (Lipinski definition) is 1. The van der Waals surface area contributed by atoms with Crippen molar-refractivity contribution >= 4 is 11.9 Å². The molecule has 1 saturated heterocycles. The number of aliphatic carboxylic acids is 1. The number of carboxylic acid groups (broad SMARTS) is 1. The van der Waals surface area contributed by atoms with Gasteiger partial charge in [0.05, 0.1) is 0 Å². The molecule has 0 spiro atoms. The maximum atomic E-state index is 11.9. The van der Waals surface area contributed by atoms with E-state index in [4.69, 9.17) is 4.74 Å². The molecule has 1 atom stereocenters. The van der Waals surface area contributed by atoms with Gasteiger partial charge in [0.25, 0.3) is 0 Å². The molecule has 2 aromatic rings. The minimum atomic E-state index is -0.947. The number of carbonyl (C=O) groups excluding carboxylic acids is 1. The monoisotopic (exact) mass is 325 g/mol. The lowest BCUT2D eigenvalue weighted by Gasteiger charge is -2.21. The molecule has 1 amide bonds. The maximum absolute atomic E-state index is 11.9. The van der Waals surface area contributed by atoms with Crippen molar-refractivity contribution in [2.45, 2.75) is 32.0 Å². The predicted molar refractivity (Wildman–Crippen MR) is 88.4 cm³/mol. The highest BCUT2D eigenvalue weighted by molar-refractivity contribution is 5.87. The minimum absolute atomic E-state index is 0.113. The van der Waals surface area contributed by atoms with Gasteiger partial charge in [-0.25, -0.2) is 4.79 Å². The largest absolute Gasteiger partial charge is 0.489 e. The molecule has 1 aliphatic rings. The molecule has 1 heterocycles. The number of carbonyl (C=O) groups is 2. The summed E-state index contributed by atoms with van der Waals surface area (Å²) in [5.74, 6) is -0.356. The number of likely N-dealkylation sites (tertiary alicyclic amines) is 1. The van der Waals surface area contributed by atoms with E-state index in [-0.39, 0.29) is 5.91 Å². The molecule has 0 aromatic heterocycles. The van der Waals surface area contributed by atoms with Crippen LogP contribution in [-0.2, 0) is 22.7 Å². The Balaban J connectivity index is 1.66. The zero-order valence-electron chi connectivity index (χ0n) is 13.2. The Morgan fingerprint density at radius 3 is 2.62 bits per heavy atom. The molecule has 124 valence electrons. The minimum Gasteiger partial charge on any atom is -0.489 e. The smallest absolute Gasteiger partial charge is 0.326 e. The molecular formula is C19H19NO4. The number of carboxylic acids is 1. The lowest BCUT2D eigenvalue weighted by Crippen LogP contribution is -2.37. The van der Waals surface area contributed by atoms with E-state index < -0.39 is 12.0 Å². The first-order valence-corrected chi connectivity index (χ1v) is 7.91. The van der Waals surface area contributed by atoms with E-state index in [0.717, 1.165) is 11.1 Å². The number of amides is 1. The molecule has 1 fully saturated rings. The molecule has 0 bridgehead atoms. The van der Waals surface area contributed by atoms with Crippen LogP contribution in [0.2, 0.25) is 0 Å².